The number of hydrogen-bond donors (Lipinski definition) is 1. The lowest BCUT2D eigenvalue weighted by Crippen LogP contribution is -2.29. The standard InChI is InChI=1S/C12H11N3O3S/c1-2-10-13-14(6-11(16)17)12(18)8-5-9-7(15(8)10)3-4-19-9/h3-5H,2,6H2,1H3,(H,16,17). The fourth-order valence-corrected chi connectivity index (χ4v) is 2.99. The number of thiophene rings is 1. The van der Waals surface area contributed by atoms with Crippen LogP contribution in [0.5, 0.6) is 0 Å². The van der Waals surface area contributed by atoms with Crippen LogP contribution in [0.2, 0.25) is 0 Å². The van der Waals surface area contributed by atoms with E-state index in [1.807, 2.05) is 22.8 Å². The third kappa shape index (κ3) is 1.74. The molecule has 3 aromatic rings. The number of aryl methyl sites for hydroxylation is 1. The molecule has 0 amide bonds. The molecule has 0 aliphatic rings. The first-order valence-corrected chi connectivity index (χ1v) is 6.70. The van der Waals surface area contributed by atoms with Crippen molar-refractivity contribution in [3.63, 3.8) is 0 Å². The zero-order valence-corrected chi connectivity index (χ0v) is 11.0. The molecule has 0 aromatic carbocycles. The number of aliphatic carboxylic acids is 1. The fraction of sp³-hybridized carbons (Fsp3) is 0.250. The average Bonchev–Trinajstić information content (AvgIpc) is 2.92. The van der Waals surface area contributed by atoms with Crippen LogP contribution in [0, 0.1) is 0 Å². The Kier molecular flexibility index (Phi) is 2.63. The topological polar surface area (TPSA) is 76.6 Å². The van der Waals surface area contributed by atoms with Crippen LogP contribution in [-0.4, -0.2) is 25.3 Å². The predicted octanol–water partition coefficient (Wildman–Crippen LogP) is 1.36. The summed E-state index contributed by atoms with van der Waals surface area (Å²) in [7, 11) is 0. The van der Waals surface area contributed by atoms with Crippen LogP contribution in [-0.2, 0) is 17.8 Å². The third-order valence-electron chi connectivity index (χ3n) is 2.97. The Labute approximate surface area is 111 Å². The molecular formula is C12H11N3O3S. The Morgan fingerprint density at radius 2 is 2.26 bits per heavy atom. The molecule has 1 N–H and O–H groups in total. The Morgan fingerprint density at radius 3 is 2.95 bits per heavy atom. The molecule has 0 aliphatic carbocycles. The van der Waals surface area contributed by atoms with Crippen molar-refractivity contribution in [2.45, 2.75) is 19.9 Å². The lowest BCUT2D eigenvalue weighted by molar-refractivity contribution is -0.138. The van der Waals surface area contributed by atoms with Crippen molar-refractivity contribution < 1.29 is 9.90 Å². The molecule has 0 aliphatic heterocycles. The van der Waals surface area contributed by atoms with Crippen LogP contribution in [0.15, 0.2) is 22.3 Å². The maximum atomic E-state index is 12.2. The van der Waals surface area contributed by atoms with Gasteiger partial charge in [0, 0.05) is 6.42 Å². The van der Waals surface area contributed by atoms with Crippen LogP contribution in [0.25, 0.3) is 15.7 Å². The fourth-order valence-electron chi connectivity index (χ4n) is 2.19. The summed E-state index contributed by atoms with van der Waals surface area (Å²) in [5.74, 6) is -0.390. The lowest BCUT2D eigenvalue weighted by Gasteiger charge is -2.07. The summed E-state index contributed by atoms with van der Waals surface area (Å²) in [5.41, 5.74) is 1.06. The number of nitrogens with zero attached hydrogens (tertiary/aromatic N) is 3. The van der Waals surface area contributed by atoms with Gasteiger partial charge in [-0.3, -0.25) is 14.0 Å². The van der Waals surface area contributed by atoms with Gasteiger partial charge in [0.05, 0.1) is 10.2 Å². The molecule has 0 fully saturated rings. The number of carboxylic acid groups (broad SMARTS) is 1. The van der Waals surface area contributed by atoms with E-state index in [1.165, 1.54) is 0 Å². The Bertz CT molecular complexity index is 843. The normalized spacial score (nSPS) is 11.4. The first-order chi connectivity index (χ1) is 9.11. The molecule has 0 unspecified atom stereocenters. The van der Waals surface area contributed by atoms with Gasteiger partial charge >= 0.3 is 5.97 Å². The summed E-state index contributed by atoms with van der Waals surface area (Å²) < 4.78 is 3.83. The maximum absolute atomic E-state index is 12.2. The molecule has 6 nitrogen and oxygen atoms in total. The van der Waals surface area contributed by atoms with Gasteiger partial charge in [-0.1, -0.05) is 6.92 Å². The molecule has 0 bridgehead atoms. The van der Waals surface area contributed by atoms with E-state index in [0.29, 0.717) is 17.8 Å². The molecule has 3 aromatic heterocycles. The van der Waals surface area contributed by atoms with Crippen molar-refractivity contribution >= 4 is 33.0 Å². The van der Waals surface area contributed by atoms with E-state index < -0.39 is 12.5 Å². The van der Waals surface area contributed by atoms with Gasteiger partial charge in [0.1, 0.15) is 17.9 Å². The van der Waals surface area contributed by atoms with E-state index >= 15 is 0 Å². The zero-order chi connectivity index (χ0) is 13.6. The summed E-state index contributed by atoms with van der Waals surface area (Å²) in [6, 6.07) is 3.73. The van der Waals surface area contributed by atoms with Gasteiger partial charge in [0.15, 0.2) is 0 Å². The van der Waals surface area contributed by atoms with E-state index in [-0.39, 0.29) is 5.56 Å². The largest absolute Gasteiger partial charge is 0.480 e. The minimum absolute atomic E-state index is 0.372. The molecule has 19 heavy (non-hydrogen) atoms. The van der Waals surface area contributed by atoms with Gasteiger partial charge in [0.25, 0.3) is 5.56 Å². The summed E-state index contributed by atoms with van der Waals surface area (Å²) in [5, 5.41) is 14.9. The number of carboxylic acids is 1. The van der Waals surface area contributed by atoms with Gasteiger partial charge in [-0.2, -0.15) is 5.10 Å². The molecule has 0 radical (unpaired) electrons. The van der Waals surface area contributed by atoms with E-state index in [1.54, 1.807) is 17.4 Å². The average molecular weight is 277 g/mol. The minimum Gasteiger partial charge on any atom is -0.480 e. The van der Waals surface area contributed by atoms with E-state index in [9.17, 15) is 9.59 Å². The van der Waals surface area contributed by atoms with Gasteiger partial charge < -0.3 is 5.11 Å². The van der Waals surface area contributed by atoms with Crippen LogP contribution in [0.1, 0.15) is 12.7 Å². The highest BCUT2D eigenvalue weighted by molar-refractivity contribution is 7.17. The highest BCUT2D eigenvalue weighted by Gasteiger charge is 2.15. The molecule has 3 rings (SSSR count). The van der Waals surface area contributed by atoms with Crippen LogP contribution >= 0.6 is 11.3 Å². The number of rotatable bonds is 3. The Morgan fingerprint density at radius 1 is 1.47 bits per heavy atom. The molecule has 98 valence electrons. The number of carbonyl (C=O) groups is 1. The number of fused-ring (bicyclic) bond motifs is 3. The highest BCUT2D eigenvalue weighted by atomic mass is 32.1. The third-order valence-corrected chi connectivity index (χ3v) is 3.83. The van der Waals surface area contributed by atoms with Crippen molar-refractivity contribution in [3.8, 4) is 0 Å². The van der Waals surface area contributed by atoms with Gasteiger partial charge in [-0.15, -0.1) is 11.3 Å². The van der Waals surface area contributed by atoms with Crippen molar-refractivity contribution in [2.24, 2.45) is 0 Å². The van der Waals surface area contributed by atoms with Crippen molar-refractivity contribution in [2.75, 3.05) is 0 Å². The quantitative estimate of drug-likeness (QED) is 0.784. The summed E-state index contributed by atoms with van der Waals surface area (Å²) >= 11 is 1.55. The zero-order valence-electron chi connectivity index (χ0n) is 10.2. The molecular weight excluding hydrogens is 266 g/mol. The van der Waals surface area contributed by atoms with Crippen LogP contribution in [0.3, 0.4) is 0 Å². The summed E-state index contributed by atoms with van der Waals surface area (Å²) in [6.45, 7) is 1.51. The second-order valence-corrected chi connectivity index (χ2v) is 5.11. The molecule has 3 heterocycles. The number of hydrogen-bond acceptors (Lipinski definition) is 4. The predicted molar refractivity (Wildman–Crippen MR) is 71.8 cm³/mol. The van der Waals surface area contributed by atoms with Gasteiger partial charge in [-0.25, -0.2) is 4.68 Å². The van der Waals surface area contributed by atoms with E-state index in [4.69, 9.17) is 5.11 Å². The Balaban J connectivity index is 2.42. The van der Waals surface area contributed by atoms with Crippen LogP contribution < -0.4 is 5.56 Å². The minimum atomic E-state index is -1.07. The highest BCUT2D eigenvalue weighted by Crippen LogP contribution is 2.24. The molecule has 7 heteroatoms. The van der Waals surface area contributed by atoms with Crippen molar-refractivity contribution in [3.05, 3.63) is 33.7 Å². The second-order valence-electron chi connectivity index (χ2n) is 4.16. The molecule has 0 saturated heterocycles. The smallest absolute Gasteiger partial charge is 0.325 e. The summed E-state index contributed by atoms with van der Waals surface area (Å²) in [4.78, 5) is 23.0. The maximum Gasteiger partial charge on any atom is 0.325 e. The second kappa shape index (κ2) is 4.20. The molecule has 0 atom stereocenters. The van der Waals surface area contributed by atoms with E-state index in [2.05, 4.69) is 5.10 Å². The first kappa shape index (κ1) is 11.9. The lowest BCUT2D eigenvalue weighted by atomic mass is 10.4. The van der Waals surface area contributed by atoms with Crippen molar-refractivity contribution in [1.29, 1.82) is 0 Å². The van der Waals surface area contributed by atoms with Crippen molar-refractivity contribution in [1.82, 2.24) is 14.2 Å². The number of aromatic nitrogens is 3. The van der Waals surface area contributed by atoms with Crippen LogP contribution in [0.4, 0.5) is 0 Å². The Hall–Kier alpha value is -2.15. The van der Waals surface area contributed by atoms with Gasteiger partial charge in [0.2, 0.25) is 0 Å². The summed E-state index contributed by atoms with van der Waals surface area (Å²) in [6.07, 6.45) is 0.621. The van der Waals surface area contributed by atoms with Gasteiger partial charge in [-0.05, 0) is 17.5 Å². The SMILES string of the molecule is CCc1nn(CC(=O)O)c(=O)c2cc3sccc3n12. The van der Waals surface area contributed by atoms with E-state index in [0.717, 1.165) is 14.9 Å². The monoisotopic (exact) mass is 277 g/mol. The molecule has 0 spiro atoms. The molecule has 0 saturated carbocycles. The first-order valence-electron chi connectivity index (χ1n) is 5.82.